The van der Waals surface area contributed by atoms with Gasteiger partial charge in [0.2, 0.25) is 10.7 Å². The first-order valence-electron chi connectivity index (χ1n) is 4.80. The Morgan fingerprint density at radius 1 is 1.21 bits per heavy atom. The zero-order valence-electron chi connectivity index (χ0n) is 9.66. The van der Waals surface area contributed by atoms with E-state index in [1.807, 2.05) is 0 Å². The largest absolute Gasteiger partial charge is 0.394 e. The van der Waals surface area contributed by atoms with E-state index in [9.17, 15) is 33.3 Å². The maximum absolute atomic E-state index is 11.1. The second-order valence-electron chi connectivity index (χ2n) is 3.74. The molecule has 0 amide bonds. The fraction of sp³-hybridized carbons (Fsp3) is 0.750. The van der Waals surface area contributed by atoms with E-state index in [0.717, 1.165) is 0 Å². The summed E-state index contributed by atoms with van der Waals surface area (Å²) < 4.78 is 30.7. The number of aliphatic hydroxyl groups is 5. The smallest absolute Gasteiger partial charge is 0.300 e. The molecule has 0 saturated heterocycles. The molecule has 0 radical (unpaired) electrons. The number of hydrogen-bond acceptors (Lipinski definition) is 9. The second-order valence-corrected chi connectivity index (χ2v) is 5.34. The number of rotatable bonds is 7. The Bertz CT molecular complexity index is 456. The van der Waals surface area contributed by atoms with Gasteiger partial charge in [0.15, 0.2) is 5.78 Å². The fourth-order valence-corrected chi connectivity index (χ4v) is 2.08. The maximum atomic E-state index is 11.1. The summed E-state index contributed by atoms with van der Waals surface area (Å²) in [5.41, 5.74) is 0. The molecule has 0 heterocycles. The van der Waals surface area contributed by atoms with E-state index in [-0.39, 0.29) is 0 Å². The molecule has 0 fully saturated rings. The van der Waals surface area contributed by atoms with Crippen LogP contribution in [0.3, 0.4) is 0 Å². The lowest BCUT2D eigenvalue weighted by Crippen LogP contribution is -2.64. The van der Waals surface area contributed by atoms with E-state index in [4.69, 9.17) is 14.8 Å². The normalized spacial score (nSPS) is 20.2. The molecule has 112 valence electrons. The number of carbonyl (C=O) groups is 2. The van der Waals surface area contributed by atoms with Crippen molar-refractivity contribution in [1.82, 2.24) is 0 Å². The Labute approximate surface area is 107 Å². The molecule has 0 bridgehead atoms. The quantitative estimate of drug-likeness (QED) is 0.198. The molecule has 0 aromatic heterocycles. The van der Waals surface area contributed by atoms with Gasteiger partial charge in [-0.2, -0.15) is 8.42 Å². The summed E-state index contributed by atoms with van der Waals surface area (Å²) in [5.74, 6) is -2.91. The Balaban J connectivity index is 5.67. The molecule has 0 spiro atoms. The van der Waals surface area contributed by atoms with Crippen molar-refractivity contribution in [2.45, 2.75) is 30.2 Å². The highest BCUT2D eigenvalue weighted by atomic mass is 32.2. The zero-order chi connectivity index (χ0) is 15.6. The lowest BCUT2D eigenvalue weighted by Gasteiger charge is -2.34. The van der Waals surface area contributed by atoms with Crippen molar-refractivity contribution in [3.05, 3.63) is 0 Å². The topological polar surface area (TPSA) is 190 Å². The minimum Gasteiger partial charge on any atom is -0.394 e. The van der Waals surface area contributed by atoms with Crippen LogP contribution in [0, 0.1) is 0 Å². The SMILES string of the molecule is CC(=O)C(=O)[C@H](O)[C@@H](O)[C@@](O)([C@H](O)CO)S(=O)(=O)O. The van der Waals surface area contributed by atoms with Crippen LogP contribution in [0.4, 0.5) is 0 Å². The van der Waals surface area contributed by atoms with Crippen LogP contribution in [0.2, 0.25) is 0 Å². The average Bonchev–Trinajstić information content (AvgIpc) is 2.32. The predicted molar refractivity (Wildman–Crippen MR) is 57.3 cm³/mol. The van der Waals surface area contributed by atoms with Gasteiger partial charge in [0.05, 0.1) is 6.61 Å². The average molecular weight is 302 g/mol. The third-order valence-corrected chi connectivity index (χ3v) is 3.74. The van der Waals surface area contributed by atoms with Crippen LogP contribution in [0.5, 0.6) is 0 Å². The minimum absolute atomic E-state index is 0.702. The van der Waals surface area contributed by atoms with E-state index < -0.39 is 51.5 Å². The van der Waals surface area contributed by atoms with Gasteiger partial charge in [0, 0.05) is 6.92 Å². The van der Waals surface area contributed by atoms with Gasteiger partial charge in [0.1, 0.15) is 18.3 Å². The summed E-state index contributed by atoms with van der Waals surface area (Å²) >= 11 is 0. The molecule has 0 aromatic rings. The molecule has 0 aliphatic heterocycles. The fourth-order valence-electron chi connectivity index (χ4n) is 1.23. The van der Waals surface area contributed by atoms with Gasteiger partial charge in [-0.25, -0.2) is 0 Å². The van der Waals surface area contributed by atoms with Crippen molar-refractivity contribution in [2.75, 3.05) is 6.61 Å². The number of carbonyl (C=O) groups excluding carboxylic acids is 2. The second kappa shape index (κ2) is 6.00. The number of hydrogen-bond donors (Lipinski definition) is 6. The van der Waals surface area contributed by atoms with E-state index in [1.165, 1.54) is 0 Å². The van der Waals surface area contributed by atoms with E-state index in [1.54, 1.807) is 0 Å². The summed E-state index contributed by atoms with van der Waals surface area (Å²) in [7, 11) is -5.61. The predicted octanol–water partition coefficient (Wildman–Crippen LogP) is -4.20. The van der Waals surface area contributed by atoms with Crippen molar-refractivity contribution in [2.24, 2.45) is 0 Å². The molecule has 6 N–H and O–H groups in total. The first-order valence-corrected chi connectivity index (χ1v) is 6.24. The van der Waals surface area contributed by atoms with Crippen LogP contribution in [-0.2, 0) is 19.7 Å². The van der Waals surface area contributed by atoms with Crippen LogP contribution in [0.25, 0.3) is 0 Å². The highest BCUT2D eigenvalue weighted by Crippen LogP contribution is 2.25. The lowest BCUT2D eigenvalue weighted by atomic mass is 9.98. The first kappa shape index (κ1) is 18.0. The van der Waals surface area contributed by atoms with Crippen molar-refractivity contribution in [3.8, 4) is 0 Å². The van der Waals surface area contributed by atoms with E-state index in [0.29, 0.717) is 6.92 Å². The molecule has 4 atom stereocenters. The van der Waals surface area contributed by atoms with Gasteiger partial charge < -0.3 is 25.5 Å². The van der Waals surface area contributed by atoms with Crippen molar-refractivity contribution >= 4 is 21.7 Å². The molecule has 0 aliphatic rings. The van der Waals surface area contributed by atoms with E-state index >= 15 is 0 Å². The molecule has 10 nitrogen and oxygen atoms in total. The van der Waals surface area contributed by atoms with Crippen molar-refractivity contribution in [3.63, 3.8) is 0 Å². The Morgan fingerprint density at radius 3 is 1.89 bits per heavy atom. The summed E-state index contributed by atoms with van der Waals surface area (Å²) in [6.45, 7) is -0.721. The Hall–Kier alpha value is -0.950. The maximum Gasteiger partial charge on any atom is 0.300 e. The minimum atomic E-state index is -5.61. The van der Waals surface area contributed by atoms with Gasteiger partial charge in [-0.1, -0.05) is 0 Å². The van der Waals surface area contributed by atoms with Crippen LogP contribution >= 0.6 is 0 Å². The zero-order valence-corrected chi connectivity index (χ0v) is 10.5. The van der Waals surface area contributed by atoms with Crippen LogP contribution in [-0.4, -0.2) is 79.9 Å². The third kappa shape index (κ3) is 3.33. The Morgan fingerprint density at radius 2 is 1.63 bits per heavy atom. The number of Topliss-reactive ketones (excluding diaryl/α,β-unsaturated/α-hetero) is 2. The van der Waals surface area contributed by atoms with Crippen LogP contribution in [0.15, 0.2) is 0 Å². The number of ketones is 2. The molecule has 0 saturated carbocycles. The van der Waals surface area contributed by atoms with Crippen LogP contribution < -0.4 is 0 Å². The molecule has 0 aliphatic carbocycles. The summed E-state index contributed by atoms with van der Waals surface area (Å²) in [5, 5.41) is 46.0. The molecule has 0 unspecified atom stereocenters. The summed E-state index contributed by atoms with van der Waals surface area (Å²) in [4.78, 5) is 17.9. The molecule has 11 heteroatoms. The Kier molecular flexibility index (Phi) is 5.70. The van der Waals surface area contributed by atoms with Crippen LogP contribution in [0.1, 0.15) is 6.92 Å². The third-order valence-electron chi connectivity index (χ3n) is 2.40. The number of aliphatic hydroxyl groups excluding tert-OH is 4. The van der Waals surface area contributed by atoms with Gasteiger partial charge in [-0.05, 0) is 0 Å². The van der Waals surface area contributed by atoms with Crippen molar-refractivity contribution < 1.29 is 48.1 Å². The van der Waals surface area contributed by atoms with Gasteiger partial charge in [-0.15, -0.1) is 0 Å². The molecule has 19 heavy (non-hydrogen) atoms. The highest BCUT2D eigenvalue weighted by Gasteiger charge is 2.57. The van der Waals surface area contributed by atoms with Gasteiger partial charge >= 0.3 is 10.1 Å². The van der Waals surface area contributed by atoms with Gasteiger partial charge in [0.25, 0.3) is 0 Å². The highest BCUT2D eigenvalue weighted by molar-refractivity contribution is 7.87. The first-order chi connectivity index (χ1) is 8.41. The van der Waals surface area contributed by atoms with Gasteiger partial charge in [-0.3, -0.25) is 14.1 Å². The molecular weight excluding hydrogens is 288 g/mol. The summed E-state index contributed by atoms with van der Waals surface area (Å²) in [6, 6.07) is 0. The molecular formula is C8H14O10S. The molecule has 0 aromatic carbocycles. The van der Waals surface area contributed by atoms with Crippen molar-refractivity contribution in [1.29, 1.82) is 0 Å². The standard InChI is InChI=1S/C8H14O10S/c1-3(10)5(12)6(13)7(14)8(15,4(11)2-9)19(16,17)18/h4,6-7,9,11,13-15H,2H2,1H3,(H,16,17,18)/t4-,6+,7-,8-/m1/s1. The monoisotopic (exact) mass is 302 g/mol. The summed E-state index contributed by atoms with van der Waals surface area (Å²) in [6.07, 6.45) is -8.31. The van der Waals surface area contributed by atoms with E-state index in [2.05, 4.69) is 0 Å². The molecule has 0 rings (SSSR count). The lowest BCUT2D eigenvalue weighted by molar-refractivity contribution is -0.161.